The van der Waals surface area contributed by atoms with Crippen molar-refractivity contribution in [1.82, 2.24) is 4.98 Å². The van der Waals surface area contributed by atoms with Gasteiger partial charge in [-0.25, -0.2) is 4.98 Å². The summed E-state index contributed by atoms with van der Waals surface area (Å²) in [6, 6.07) is 10.5. The van der Waals surface area contributed by atoms with E-state index in [4.69, 9.17) is 0 Å². The Morgan fingerprint density at radius 3 is 2.94 bits per heavy atom. The molecule has 1 aromatic heterocycles. The molecule has 17 heavy (non-hydrogen) atoms. The van der Waals surface area contributed by atoms with E-state index in [1.54, 1.807) is 11.3 Å². The lowest BCUT2D eigenvalue weighted by atomic mass is 10.2. The van der Waals surface area contributed by atoms with Gasteiger partial charge >= 0.3 is 0 Å². The highest BCUT2D eigenvalue weighted by molar-refractivity contribution is 7.11. The van der Waals surface area contributed by atoms with Crippen molar-refractivity contribution < 1.29 is 0 Å². The molecular formula is C14H12N2S. The Hall–Kier alpha value is -1.74. The third-order valence-electron chi connectivity index (χ3n) is 2.65. The monoisotopic (exact) mass is 240 g/mol. The summed E-state index contributed by atoms with van der Waals surface area (Å²) in [7, 11) is 0. The van der Waals surface area contributed by atoms with Crippen LogP contribution in [0.15, 0.2) is 41.4 Å². The van der Waals surface area contributed by atoms with Gasteiger partial charge in [0.2, 0.25) is 0 Å². The van der Waals surface area contributed by atoms with E-state index in [-0.39, 0.29) is 0 Å². The largest absolute Gasteiger partial charge is 0.288 e. The molecule has 3 rings (SSSR count). The first kappa shape index (κ1) is 10.4. The van der Waals surface area contributed by atoms with E-state index >= 15 is 0 Å². The molecule has 2 heterocycles. The number of hydrogen-bond acceptors (Lipinski definition) is 3. The highest BCUT2D eigenvalue weighted by atomic mass is 32.1. The molecule has 0 fully saturated rings. The molecule has 0 radical (unpaired) electrons. The molecule has 0 saturated heterocycles. The molecule has 2 aromatic rings. The summed E-state index contributed by atoms with van der Waals surface area (Å²) in [5.74, 6) is 0. The topological polar surface area (TPSA) is 25.2 Å². The average Bonchev–Trinajstić information content (AvgIpc) is 2.60. The second-order valence-corrected chi connectivity index (χ2v) is 5.10. The van der Waals surface area contributed by atoms with Crippen LogP contribution < -0.4 is 0 Å². The van der Waals surface area contributed by atoms with Crippen LogP contribution in [0.2, 0.25) is 0 Å². The first-order valence-corrected chi connectivity index (χ1v) is 6.42. The van der Waals surface area contributed by atoms with Crippen molar-refractivity contribution in [3.8, 4) is 0 Å². The maximum atomic E-state index is 4.66. The fraction of sp³-hybridized carbons (Fsp3) is 0.143. The van der Waals surface area contributed by atoms with E-state index in [1.807, 2.05) is 24.4 Å². The number of benzene rings is 1. The molecule has 84 valence electrons. The predicted octanol–water partition coefficient (Wildman–Crippen LogP) is 3.33. The average molecular weight is 240 g/mol. The number of hydrogen-bond donors (Lipinski definition) is 0. The number of fused-ring (bicyclic) bond motifs is 1. The highest BCUT2D eigenvalue weighted by Crippen LogP contribution is 2.24. The van der Waals surface area contributed by atoms with Gasteiger partial charge in [0.15, 0.2) is 0 Å². The molecule has 0 amide bonds. The van der Waals surface area contributed by atoms with Crippen molar-refractivity contribution in [2.45, 2.75) is 13.0 Å². The number of aromatic nitrogens is 1. The maximum absolute atomic E-state index is 4.66. The Balaban J connectivity index is 1.86. The van der Waals surface area contributed by atoms with E-state index in [0.29, 0.717) is 0 Å². The van der Waals surface area contributed by atoms with Gasteiger partial charge < -0.3 is 0 Å². The first-order valence-electron chi connectivity index (χ1n) is 5.61. The van der Waals surface area contributed by atoms with Crippen molar-refractivity contribution >= 4 is 23.6 Å². The Morgan fingerprint density at radius 2 is 2.06 bits per heavy atom. The Kier molecular flexibility index (Phi) is 2.84. The van der Waals surface area contributed by atoms with E-state index in [1.165, 1.54) is 15.4 Å². The van der Waals surface area contributed by atoms with Gasteiger partial charge in [-0.05, 0) is 17.7 Å². The van der Waals surface area contributed by atoms with Gasteiger partial charge in [0, 0.05) is 12.6 Å². The SMILES string of the molecule is C1=Cc2nc(Cc3ccccc3)sc2CN=C1. The molecule has 0 aliphatic carbocycles. The summed E-state index contributed by atoms with van der Waals surface area (Å²) >= 11 is 1.77. The molecule has 0 bridgehead atoms. The Morgan fingerprint density at radius 1 is 1.18 bits per heavy atom. The standard InChI is InChI=1S/C14H12N2S/c1-2-5-11(6-3-1)9-14-16-12-7-4-8-15-10-13(12)17-14/h1-8H,9-10H2. The predicted molar refractivity (Wildman–Crippen MR) is 72.6 cm³/mol. The molecule has 1 aromatic carbocycles. The van der Waals surface area contributed by atoms with Crippen LogP contribution in [-0.4, -0.2) is 11.2 Å². The van der Waals surface area contributed by atoms with Gasteiger partial charge in [0.05, 0.1) is 22.1 Å². The molecule has 0 spiro atoms. The number of nitrogens with zero attached hydrogens (tertiary/aromatic N) is 2. The molecule has 0 saturated carbocycles. The molecule has 0 unspecified atom stereocenters. The van der Waals surface area contributed by atoms with Crippen molar-refractivity contribution in [2.24, 2.45) is 4.99 Å². The summed E-state index contributed by atoms with van der Waals surface area (Å²) < 4.78 is 0. The van der Waals surface area contributed by atoms with Crippen LogP contribution in [0, 0.1) is 0 Å². The molecule has 1 aliphatic rings. The zero-order chi connectivity index (χ0) is 11.5. The Bertz CT molecular complexity index is 567. The van der Waals surface area contributed by atoms with Crippen LogP contribution in [0.3, 0.4) is 0 Å². The second-order valence-electron chi connectivity index (χ2n) is 3.93. The lowest BCUT2D eigenvalue weighted by Gasteiger charge is -1.95. The third kappa shape index (κ3) is 2.34. The fourth-order valence-corrected chi connectivity index (χ4v) is 2.86. The van der Waals surface area contributed by atoms with Gasteiger partial charge in [-0.2, -0.15) is 0 Å². The summed E-state index contributed by atoms with van der Waals surface area (Å²) in [6.45, 7) is 0.759. The fourth-order valence-electron chi connectivity index (χ4n) is 1.83. The smallest absolute Gasteiger partial charge is 0.0979 e. The molecule has 2 nitrogen and oxygen atoms in total. The number of thiazole rings is 1. The normalized spacial score (nSPS) is 13.4. The molecule has 3 heteroatoms. The van der Waals surface area contributed by atoms with E-state index in [0.717, 1.165) is 18.7 Å². The van der Waals surface area contributed by atoms with Crippen LogP contribution in [0.25, 0.3) is 6.08 Å². The minimum atomic E-state index is 0.759. The summed E-state index contributed by atoms with van der Waals surface area (Å²) in [5.41, 5.74) is 2.39. The maximum Gasteiger partial charge on any atom is 0.0979 e. The van der Waals surface area contributed by atoms with Crippen molar-refractivity contribution in [1.29, 1.82) is 0 Å². The zero-order valence-electron chi connectivity index (χ0n) is 9.34. The minimum Gasteiger partial charge on any atom is -0.288 e. The Labute approximate surface area is 104 Å². The van der Waals surface area contributed by atoms with Gasteiger partial charge in [0.25, 0.3) is 0 Å². The third-order valence-corrected chi connectivity index (χ3v) is 3.71. The van der Waals surface area contributed by atoms with Crippen LogP contribution in [0.5, 0.6) is 0 Å². The zero-order valence-corrected chi connectivity index (χ0v) is 10.2. The second kappa shape index (κ2) is 4.63. The van der Waals surface area contributed by atoms with E-state index in [9.17, 15) is 0 Å². The minimum absolute atomic E-state index is 0.759. The molecule has 1 aliphatic heterocycles. The van der Waals surface area contributed by atoms with Gasteiger partial charge in [-0.3, -0.25) is 4.99 Å². The molecular weight excluding hydrogens is 228 g/mol. The van der Waals surface area contributed by atoms with Crippen molar-refractivity contribution in [3.63, 3.8) is 0 Å². The van der Waals surface area contributed by atoms with Crippen LogP contribution in [-0.2, 0) is 13.0 Å². The van der Waals surface area contributed by atoms with Crippen LogP contribution in [0.1, 0.15) is 21.1 Å². The molecule has 0 N–H and O–H groups in total. The molecule has 0 atom stereocenters. The van der Waals surface area contributed by atoms with E-state index < -0.39 is 0 Å². The lowest BCUT2D eigenvalue weighted by molar-refractivity contribution is 1.08. The van der Waals surface area contributed by atoms with Crippen molar-refractivity contribution in [2.75, 3.05) is 0 Å². The number of allylic oxidation sites excluding steroid dienone is 1. The van der Waals surface area contributed by atoms with Gasteiger partial charge in [-0.1, -0.05) is 30.3 Å². The van der Waals surface area contributed by atoms with Gasteiger partial charge in [0.1, 0.15) is 0 Å². The highest BCUT2D eigenvalue weighted by Gasteiger charge is 2.09. The van der Waals surface area contributed by atoms with Crippen LogP contribution in [0.4, 0.5) is 0 Å². The van der Waals surface area contributed by atoms with Crippen molar-refractivity contribution in [3.05, 3.63) is 57.6 Å². The summed E-state index contributed by atoms with van der Waals surface area (Å²) in [6.07, 6.45) is 6.75. The lowest BCUT2D eigenvalue weighted by Crippen LogP contribution is -1.86. The van der Waals surface area contributed by atoms with E-state index in [2.05, 4.69) is 34.2 Å². The summed E-state index contributed by atoms with van der Waals surface area (Å²) in [4.78, 5) is 10.2. The first-order chi connectivity index (χ1) is 8.42. The van der Waals surface area contributed by atoms with Crippen LogP contribution >= 0.6 is 11.3 Å². The van der Waals surface area contributed by atoms with Gasteiger partial charge in [-0.15, -0.1) is 11.3 Å². The number of aliphatic imine (C=N–C) groups is 1. The number of rotatable bonds is 2. The quantitative estimate of drug-likeness (QED) is 0.790. The summed E-state index contributed by atoms with van der Waals surface area (Å²) in [5, 5.41) is 1.17.